The molecule has 0 saturated carbocycles. The Morgan fingerprint density at radius 2 is 2.24 bits per heavy atom. The summed E-state index contributed by atoms with van der Waals surface area (Å²) in [6.45, 7) is 2.06. The quantitative estimate of drug-likeness (QED) is 0.392. The second-order valence-electron chi connectivity index (χ2n) is 4.78. The van der Waals surface area contributed by atoms with Crippen molar-refractivity contribution in [3.05, 3.63) is 53.3 Å². The zero-order valence-electron chi connectivity index (χ0n) is 11.6. The van der Waals surface area contributed by atoms with Gasteiger partial charge in [0, 0.05) is 11.9 Å². The SMILES string of the molecule is Cc1ccc2nc(SCc3cccnc3C(=N)N)[nH]c2c1. The number of pyridine rings is 1. The van der Waals surface area contributed by atoms with Gasteiger partial charge in [-0.3, -0.25) is 10.4 Å². The number of thioether (sulfide) groups is 1. The standard InChI is InChI=1S/C15H15N5S/c1-9-4-5-11-12(7-9)20-15(19-11)21-8-10-3-2-6-18-13(10)14(16)17/h2-7H,8H2,1H3,(H3,16,17)(H,19,20). The van der Waals surface area contributed by atoms with Gasteiger partial charge in [-0.25, -0.2) is 4.98 Å². The molecule has 2 aromatic heterocycles. The number of nitrogens with two attached hydrogens (primary N) is 1. The molecule has 0 aliphatic rings. The van der Waals surface area contributed by atoms with Crippen LogP contribution in [0.3, 0.4) is 0 Å². The summed E-state index contributed by atoms with van der Waals surface area (Å²) in [4.78, 5) is 12.0. The molecule has 1 aromatic carbocycles. The Morgan fingerprint density at radius 1 is 1.38 bits per heavy atom. The third-order valence-corrected chi connectivity index (χ3v) is 4.05. The first-order chi connectivity index (χ1) is 10.1. The number of benzene rings is 1. The summed E-state index contributed by atoms with van der Waals surface area (Å²) >= 11 is 1.58. The highest BCUT2D eigenvalue weighted by molar-refractivity contribution is 7.98. The Morgan fingerprint density at radius 3 is 3.05 bits per heavy atom. The van der Waals surface area contributed by atoms with Gasteiger partial charge in [0.1, 0.15) is 11.5 Å². The number of aromatic nitrogens is 3. The summed E-state index contributed by atoms with van der Waals surface area (Å²) in [6.07, 6.45) is 1.65. The maximum absolute atomic E-state index is 7.55. The number of hydrogen-bond donors (Lipinski definition) is 3. The molecule has 0 aliphatic heterocycles. The maximum atomic E-state index is 7.55. The largest absolute Gasteiger partial charge is 0.382 e. The fraction of sp³-hybridized carbons (Fsp3) is 0.133. The van der Waals surface area contributed by atoms with Gasteiger partial charge < -0.3 is 10.7 Å². The van der Waals surface area contributed by atoms with Crippen molar-refractivity contribution >= 4 is 28.6 Å². The number of nitrogen functional groups attached to an aromatic ring is 1. The Bertz CT molecular complexity index is 809. The van der Waals surface area contributed by atoms with Crippen LogP contribution in [0.15, 0.2) is 41.7 Å². The number of imidazole rings is 1. The lowest BCUT2D eigenvalue weighted by Gasteiger charge is -2.05. The molecule has 5 nitrogen and oxygen atoms in total. The first-order valence-corrected chi connectivity index (χ1v) is 7.49. The highest BCUT2D eigenvalue weighted by Gasteiger charge is 2.09. The fourth-order valence-corrected chi connectivity index (χ4v) is 2.98. The van der Waals surface area contributed by atoms with Crippen LogP contribution in [0.25, 0.3) is 11.0 Å². The number of rotatable bonds is 4. The van der Waals surface area contributed by atoms with Crippen LogP contribution in [0.5, 0.6) is 0 Å². The fourth-order valence-electron chi connectivity index (χ4n) is 2.11. The molecule has 3 aromatic rings. The molecule has 21 heavy (non-hydrogen) atoms. The molecule has 0 aliphatic carbocycles. The number of nitrogens with one attached hydrogen (secondary N) is 2. The molecule has 6 heteroatoms. The Balaban J connectivity index is 1.82. The van der Waals surface area contributed by atoms with E-state index in [-0.39, 0.29) is 5.84 Å². The first kappa shape index (κ1) is 13.6. The van der Waals surface area contributed by atoms with Crippen molar-refractivity contribution in [2.45, 2.75) is 17.8 Å². The summed E-state index contributed by atoms with van der Waals surface area (Å²) in [7, 11) is 0. The molecule has 0 saturated heterocycles. The van der Waals surface area contributed by atoms with Crippen molar-refractivity contribution in [1.29, 1.82) is 5.41 Å². The van der Waals surface area contributed by atoms with Gasteiger partial charge in [0.25, 0.3) is 0 Å². The van der Waals surface area contributed by atoms with Crippen LogP contribution in [0.4, 0.5) is 0 Å². The number of amidine groups is 1. The topological polar surface area (TPSA) is 91.4 Å². The third-order valence-electron chi connectivity index (χ3n) is 3.13. The van der Waals surface area contributed by atoms with E-state index < -0.39 is 0 Å². The first-order valence-electron chi connectivity index (χ1n) is 6.51. The molecule has 0 bridgehead atoms. The van der Waals surface area contributed by atoms with Crippen LogP contribution in [0, 0.1) is 12.3 Å². The van der Waals surface area contributed by atoms with Crippen molar-refractivity contribution < 1.29 is 0 Å². The number of fused-ring (bicyclic) bond motifs is 1. The van der Waals surface area contributed by atoms with E-state index >= 15 is 0 Å². The van der Waals surface area contributed by atoms with E-state index in [4.69, 9.17) is 11.1 Å². The summed E-state index contributed by atoms with van der Waals surface area (Å²) in [6, 6.07) is 9.92. The molecular formula is C15H15N5S. The highest BCUT2D eigenvalue weighted by Crippen LogP contribution is 2.24. The maximum Gasteiger partial charge on any atom is 0.166 e. The number of aromatic amines is 1. The van der Waals surface area contributed by atoms with Crippen LogP contribution >= 0.6 is 11.8 Å². The van der Waals surface area contributed by atoms with E-state index in [0.29, 0.717) is 11.4 Å². The van der Waals surface area contributed by atoms with Crippen LogP contribution in [0.2, 0.25) is 0 Å². The van der Waals surface area contributed by atoms with E-state index in [1.165, 1.54) is 5.56 Å². The molecule has 0 unspecified atom stereocenters. The number of H-pyrrole nitrogens is 1. The molecule has 0 fully saturated rings. The van der Waals surface area contributed by atoms with Gasteiger partial charge in [0.15, 0.2) is 5.16 Å². The second-order valence-corrected chi connectivity index (χ2v) is 5.74. The Labute approximate surface area is 126 Å². The van der Waals surface area contributed by atoms with Crippen LogP contribution < -0.4 is 5.73 Å². The molecular weight excluding hydrogens is 282 g/mol. The Kier molecular flexibility index (Phi) is 3.62. The second kappa shape index (κ2) is 5.57. The summed E-state index contributed by atoms with van der Waals surface area (Å²) in [5.74, 6) is 0.660. The zero-order chi connectivity index (χ0) is 14.8. The summed E-state index contributed by atoms with van der Waals surface area (Å²) in [5.41, 5.74) is 10.2. The van der Waals surface area contributed by atoms with Gasteiger partial charge in [0.05, 0.1) is 11.0 Å². The number of nitrogens with zero attached hydrogens (tertiary/aromatic N) is 2. The monoisotopic (exact) mass is 297 g/mol. The van der Waals surface area contributed by atoms with Gasteiger partial charge in [-0.2, -0.15) is 0 Å². The number of aryl methyl sites for hydroxylation is 1. The predicted molar refractivity (Wildman–Crippen MR) is 85.6 cm³/mol. The van der Waals surface area contributed by atoms with Gasteiger partial charge in [-0.15, -0.1) is 0 Å². The summed E-state index contributed by atoms with van der Waals surface area (Å²) in [5, 5.41) is 8.41. The minimum Gasteiger partial charge on any atom is -0.382 e. The van der Waals surface area contributed by atoms with Crippen LogP contribution in [0.1, 0.15) is 16.8 Å². The Hall–Kier alpha value is -2.34. The van der Waals surface area contributed by atoms with Crippen molar-refractivity contribution in [3.8, 4) is 0 Å². The normalized spacial score (nSPS) is 10.9. The van der Waals surface area contributed by atoms with E-state index in [9.17, 15) is 0 Å². The highest BCUT2D eigenvalue weighted by atomic mass is 32.2. The van der Waals surface area contributed by atoms with Crippen molar-refractivity contribution in [2.24, 2.45) is 5.73 Å². The molecule has 4 N–H and O–H groups in total. The molecule has 106 valence electrons. The lowest BCUT2D eigenvalue weighted by Crippen LogP contribution is -2.15. The van der Waals surface area contributed by atoms with Gasteiger partial charge >= 0.3 is 0 Å². The molecule has 2 heterocycles. The summed E-state index contributed by atoms with van der Waals surface area (Å²) < 4.78 is 0. The van der Waals surface area contributed by atoms with E-state index in [1.807, 2.05) is 24.3 Å². The molecule has 0 spiro atoms. The van der Waals surface area contributed by atoms with E-state index in [2.05, 4.69) is 27.9 Å². The molecule has 3 rings (SSSR count). The van der Waals surface area contributed by atoms with E-state index in [1.54, 1.807) is 18.0 Å². The van der Waals surface area contributed by atoms with Crippen LogP contribution in [-0.4, -0.2) is 20.8 Å². The minimum absolute atomic E-state index is 0.00793. The van der Waals surface area contributed by atoms with Gasteiger partial charge in [-0.1, -0.05) is 23.9 Å². The van der Waals surface area contributed by atoms with Crippen LogP contribution in [-0.2, 0) is 5.75 Å². The van der Waals surface area contributed by atoms with Gasteiger partial charge in [-0.05, 0) is 36.2 Å². The number of hydrogen-bond acceptors (Lipinski definition) is 4. The zero-order valence-corrected chi connectivity index (χ0v) is 12.4. The third kappa shape index (κ3) is 2.90. The average molecular weight is 297 g/mol. The van der Waals surface area contributed by atoms with Crippen molar-refractivity contribution in [1.82, 2.24) is 15.0 Å². The van der Waals surface area contributed by atoms with Gasteiger partial charge in [0.2, 0.25) is 0 Å². The van der Waals surface area contributed by atoms with Crippen molar-refractivity contribution in [3.63, 3.8) is 0 Å². The van der Waals surface area contributed by atoms with E-state index in [0.717, 1.165) is 21.8 Å². The molecule has 0 atom stereocenters. The lowest BCUT2D eigenvalue weighted by molar-refractivity contribution is 1.08. The molecule has 0 amide bonds. The minimum atomic E-state index is -0.00793. The smallest absolute Gasteiger partial charge is 0.166 e. The average Bonchev–Trinajstić information content (AvgIpc) is 2.87. The van der Waals surface area contributed by atoms with Crippen molar-refractivity contribution in [2.75, 3.05) is 0 Å². The lowest BCUT2D eigenvalue weighted by atomic mass is 10.2. The predicted octanol–water partition coefficient (Wildman–Crippen LogP) is 2.84. The molecule has 0 radical (unpaired) electrons.